The van der Waals surface area contributed by atoms with E-state index in [2.05, 4.69) is 0 Å². The van der Waals surface area contributed by atoms with E-state index >= 15 is 0 Å². The molecule has 0 aliphatic heterocycles. The Morgan fingerprint density at radius 2 is 1.75 bits per heavy atom. The quantitative estimate of drug-likeness (QED) is 0.617. The number of rotatable bonds is 7. The molecule has 0 aromatic heterocycles. The summed E-state index contributed by atoms with van der Waals surface area (Å²) >= 11 is 0. The highest BCUT2D eigenvalue weighted by atomic mass is 19.4. The molecule has 1 unspecified atom stereocenters. The van der Waals surface area contributed by atoms with Gasteiger partial charge in [-0.25, -0.2) is 0 Å². The third-order valence-electron chi connectivity index (χ3n) is 4.81. The molecule has 1 atom stereocenters. The Kier molecular flexibility index (Phi) is 5.68. The van der Waals surface area contributed by atoms with Gasteiger partial charge in [0.05, 0.1) is 17.6 Å². The highest BCUT2D eigenvalue weighted by Gasteiger charge is 2.31. The van der Waals surface area contributed by atoms with Crippen molar-refractivity contribution in [2.45, 2.75) is 51.3 Å². The third-order valence-corrected chi connectivity index (χ3v) is 4.81. The summed E-state index contributed by atoms with van der Waals surface area (Å²) in [5.74, 6) is -0.613. The molecule has 1 N–H and O–H groups in total. The van der Waals surface area contributed by atoms with Gasteiger partial charge in [-0.3, -0.25) is 4.79 Å². The predicted octanol–water partition coefficient (Wildman–Crippen LogP) is 6.13. The van der Waals surface area contributed by atoms with Crippen LogP contribution in [0.15, 0.2) is 42.5 Å². The maximum atomic E-state index is 12.8. The van der Waals surface area contributed by atoms with E-state index in [1.165, 1.54) is 12.1 Å². The summed E-state index contributed by atoms with van der Waals surface area (Å²) in [7, 11) is 0. The number of hydrogen-bond donors (Lipinski definition) is 1. The zero-order valence-electron chi connectivity index (χ0n) is 15.8. The second-order valence-corrected chi connectivity index (χ2v) is 7.60. The summed E-state index contributed by atoms with van der Waals surface area (Å²) < 4.78 is 44.3. The standard InChI is InChI=1S/C22H23F3O3/c1-13(2)28-19-11-16(15-5-7-18(8-6-15)22(23,24)25)10-17(12-19)20(21(26)27)9-14-3-4-14/h5-8,10-14,20H,3-4,9H2,1-2H3,(H,26,27). The molecule has 0 bridgehead atoms. The number of carboxylic acid groups (broad SMARTS) is 1. The van der Waals surface area contributed by atoms with E-state index in [4.69, 9.17) is 4.74 Å². The van der Waals surface area contributed by atoms with Crippen LogP contribution in [0.4, 0.5) is 13.2 Å². The van der Waals surface area contributed by atoms with E-state index in [1.54, 1.807) is 18.2 Å². The third kappa shape index (κ3) is 5.06. The Labute approximate surface area is 162 Å². The second kappa shape index (κ2) is 7.86. The molecule has 2 aromatic rings. The molecule has 0 spiro atoms. The van der Waals surface area contributed by atoms with Crippen molar-refractivity contribution >= 4 is 5.97 Å². The van der Waals surface area contributed by atoms with E-state index in [-0.39, 0.29) is 6.10 Å². The van der Waals surface area contributed by atoms with Gasteiger partial charge >= 0.3 is 12.1 Å². The number of hydrogen-bond acceptors (Lipinski definition) is 2. The Hall–Kier alpha value is -2.50. The first-order valence-electron chi connectivity index (χ1n) is 9.35. The van der Waals surface area contributed by atoms with Crippen molar-refractivity contribution in [1.82, 2.24) is 0 Å². The molecule has 1 aliphatic rings. The molecular formula is C22H23F3O3. The topological polar surface area (TPSA) is 46.5 Å². The van der Waals surface area contributed by atoms with Crippen molar-refractivity contribution in [3.05, 3.63) is 53.6 Å². The molecule has 28 heavy (non-hydrogen) atoms. The lowest BCUT2D eigenvalue weighted by molar-refractivity contribution is -0.139. The van der Waals surface area contributed by atoms with Crippen molar-refractivity contribution in [3.8, 4) is 16.9 Å². The van der Waals surface area contributed by atoms with Crippen molar-refractivity contribution in [3.63, 3.8) is 0 Å². The highest BCUT2D eigenvalue weighted by molar-refractivity contribution is 5.78. The number of benzene rings is 2. The van der Waals surface area contributed by atoms with E-state index in [0.717, 1.165) is 25.0 Å². The van der Waals surface area contributed by atoms with Gasteiger partial charge in [-0.15, -0.1) is 0 Å². The number of alkyl halides is 3. The zero-order chi connectivity index (χ0) is 20.5. The van der Waals surface area contributed by atoms with Gasteiger partial charge in [0.15, 0.2) is 0 Å². The molecule has 0 saturated heterocycles. The molecule has 150 valence electrons. The predicted molar refractivity (Wildman–Crippen MR) is 100 cm³/mol. The van der Waals surface area contributed by atoms with Crippen LogP contribution in [0.2, 0.25) is 0 Å². The Morgan fingerprint density at radius 3 is 2.25 bits per heavy atom. The largest absolute Gasteiger partial charge is 0.491 e. The first-order chi connectivity index (χ1) is 13.1. The molecule has 6 heteroatoms. The maximum Gasteiger partial charge on any atom is 0.416 e. The van der Waals surface area contributed by atoms with Crippen LogP contribution in [0.1, 0.15) is 50.2 Å². The second-order valence-electron chi connectivity index (χ2n) is 7.60. The van der Waals surface area contributed by atoms with Crippen LogP contribution < -0.4 is 4.74 Å². The van der Waals surface area contributed by atoms with Crippen molar-refractivity contribution in [1.29, 1.82) is 0 Å². The molecule has 1 fully saturated rings. The summed E-state index contributed by atoms with van der Waals surface area (Å²) in [6, 6.07) is 10.1. The van der Waals surface area contributed by atoms with Gasteiger partial charge in [0, 0.05) is 0 Å². The molecule has 0 heterocycles. The summed E-state index contributed by atoms with van der Waals surface area (Å²) in [6.07, 6.45) is -1.87. The van der Waals surface area contributed by atoms with Crippen LogP contribution in [-0.2, 0) is 11.0 Å². The molecular weight excluding hydrogens is 369 g/mol. The monoisotopic (exact) mass is 392 g/mol. The molecule has 2 aromatic carbocycles. The fourth-order valence-electron chi connectivity index (χ4n) is 3.25. The van der Waals surface area contributed by atoms with Crippen LogP contribution in [0.5, 0.6) is 5.75 Å². The van der Waals surface area contributed by atoms with E-state index < -0.39 is 23.6 Å². The first-order valence-corrected chi connectivity index (χ1v) is 9.35. The minimum absolute atomic E-state index is 0.109. The lowest BCUT2D eigenvalue weighted by atomic mass is 9.90. The van der Waals surface area contributed by atoms with Gasteiger partial charge in [-0.05, 0) is 67.1 Å². The lowest BCUT2D eigenvalue weighted by Gasteiger charge is -2.18. The minimum Gasteiger partial charge on any atom is -0.491 e. The zero-order valence-corrected chi connectivity index (χ0v) is 15.8. The van der Waals surface area contributed by atoms with Crippen LogP contribution in [0.3, 0.4) is 0 Å². The van der Waals surface area contributed by atoms with Crippen LogP contribution in [0, 0.1) is 5.92 Å². The smallest absolute Gasteiger partial charge is 0.416 e. The van der Waals surface area contributed by atoms with Gasteiger partial charge in [0.1, 0.15) is 5.75 Å². The van der Waals surface area contributed by atoms with Crippen LogP contribution in [-0.4, -0.2) is 17.2 Å². The van der Waals surface area contributed by atoms with Gasteiger partial charge in [0.2, 0.25) is 0 Å². The number of aliphatic carboxylic acids is 1. The molecule has 0 radical (unpaired) electrons. The summed E-state index contributed by atoms with van der Waals surface area (Å²) in [5, 5.41) is 9.70. The Morgan fingerprint density at radius 1 is 1.11 bits per heavy atom. The molecule has 3 rings (SSSR count). The summed E-state index contributed by atoms with van der Waals surface area (Å²) in [6.45, 7) is 3.73. The van der Waals surface area contributed by atoms with Crippen LogP contribution in [0.25, 0.3) is 11.1 Å². The highest BCUT2D eigenvalue weighted by Crippen LogP contribution is 2.41. The number of carbonyl (C=O) groups is 1. The average Bonchev–Trinajstić information content (AvgIpc) is 3.42. The van der Waals surface area contributed by atoms with Gasteiger partial charge < -0.3 is 9.84 Å². The van der Waals surface area contributed by atoms with Crippen molar-refractivity contribution in [2.75, 3.05) is 0 Å². The normalized spacial score (nSPS) is 15.5. The first kappa shape index (κ1) is 20.2. The molecule has 1 aliphatic carbocycles. The summed E-state index contributed by atoms with van der Waals surface area (Å²) in [5.41, 5.74) is 1.12. The number of halogens is 3. The van der Waals surface area contributed by atoms with Crippen LogP contribution >= 0.6 is 0 Å². The SMILES string of the molecule is CC(C)Oc1cc(-c2ccc(C(F)(F)F)cc2)cc(C(CC2CC2)C(=O)O)c1. The number of ether oxygens (including phenoxy) is 1. The lowest BCUT2D eigenvalue weighted by Crippen LogP contribution is -2.13. The van der Waals surface area contributed by atoms with E-state index in [0.29, 0.717) is 34.8 Å². The number of carboxylic acids is 1. The molecule has 0 amide bonds. The van der Waals surface area contributed by atoms with Gasteiger partial charge in [0.25, 0.3) is 0 Å². The van der Waals surface area contributed by atoms with Gasteiger partial charge in [-0.1, -0.05) is 31.0 Å². The van der Waals surface area contributed by atoms with Crippen molar-refractivity contribution < 1.29 is 27.8 Å². The minimum atomic E-state index is -4.40. The fraction of sp³-hybridized carbons (Fsp3) is 0.409. The fourth-order valence-corrected chi connectivity index (χ4v) is 3.25. The Bertz CT molecular complexity index is 837. The molecule has 1 saturated carbocycles. The average molecular weight is 392 g/mol. The van der Waals surface area contributed by atoms with E-state index in [1.807, 2.05) is 13.8 Å². The molecule has 3 nitrogen and oxygen atoms in total. The van der Waals surface area contributed by atoms with Gasteiger partial charge in [-0.2, -0.15) is 13.2 Å². The van der Waals surface area contributed by atoms with Crippen molar-refractivity contribution in [2.24, 2.45) is 5.92 Å². The summed E-state index contributed by atoms with van der Waals surface area (Å²) in [4.78, 5) is 11.8. The maximum absolute atomic E-state index is 12.8. The van der Waals surface area contributed by atoms with E-state index in [9.17, 15) is 23.1 Å². The Balaban J connectivity index is 2.00.